The molecule has 4 rings (SSSR count). The number of aliphatic hydroxyl groups excluding tert-OH is 4. The maximum absolute atomic E-state index is 12.8. The Morgan fingerprint density at radius 3 is 2.19 bits per heavy atom. The van der Waals surface area contributed by atoms with Crippen molar-refractivity contribution >= 4 is 21.9 Å². The summed E-state index contributed by atoms with van der Waals surface area (Å²) in [5.41, 5.74) is -1.24. The van der Waals surface area contributed by atoms with Gasteiger partial charge in [0.05, 0.1) is 12.0 Å². The van der Waals surface area contributed by atoms with Gasteiger partial charge in [0.25, 0.3) is 0 Å². The molecule has 2 aromatic carbocycles. The number of phenolic OH excluding ortho intramolecular Hbond substituents is 4. The first-order chi connectivity index (χ1) is 14.6. The first-order valence-electron chi connectivity index (χ1n) is 8.98. The largest absolute Gasteiger partial charge is 0.504 e. The molecule has 0 spiro atoms. The van der Waals surface area contributed by atoms with Crippen LogP contribution in [0.4, 0.5) is 0 Å². The fourth-order valence-electron chi connectivity index (χ4n) is 3.38. The second-order valence-electron chi connectivity index (χ2n) is 7.03. The highest BCUT2D eigenvalue weighted by Crippen LogP contribution is 2.43. The van der Waals surface area contributed by atoms with Crippen molar-refractivity contribution in [2.24, 2.45) is 0 Å². The van der Waals surface area contributed by atoms with Crippen molar-refractivity contribution in [2.45, 2.75) is 30.7 Å². The van der Waals surface area contributed by atoms with Crippen LogP contribution in [0.5, 0.6) is 28.7 Å². The molecule has 5 unspecified atom stereocenters. The van der Waals surface area contributed by atoms with E-state index in [0.717, 1.165) is 18.2 Å². The summed E-state index contributed by atoms with van der Waals surface area (Å²) >= 11 is 0. The van der Waals surface area contributed by atoms with E-state index in [1.165, 1.54) is 0 Å². The van der Waals surface area contributed by atoms with Crippen molar-refractivity contribution in [3.8, 4) is 28.7 Å². The molecule has 1 aliphatic rings. The molecular formula is C19H18O12. The Balaban J connectivity index is 1.84. The van der Waals surface area contributed by atoms with E-state index < -0.39 is 76.9 Å². The molecule has 0 aliphatic carbocycles. The number of aromatic hydroxyl groups is 4. The summed E-state index contributed by atoms with van der Waals surface area (Å²) in [5, 5.41) is 78.5. The summed E-state index contributed by atoms with van der Waals surface area (Å²) in [6.45, 7) is -0.730. The lowest BCUT2D eigenvalue weighted by molar-refractivity contribution is -0.277. The van der Waals surface area contributed by atoms with Gasteiger partial charge in [0.2, 0.25) is 17.5 Å². The topological polar surface area (TPSA) is 211 Å². The summed E-state index contributed by atoms with van der Waals surface area (Å²) in [6.07, 6.45) is -8.30. The minimum Gasteiger partial charge on any atom is -0.504 e. The second-order valence-corrected chi connectivity index (χ2v) is 7.03. The number of aliphatic hydroxyl groups is 4. The molecule has 1 fully saturated rings. The van der Waals surface area contributed by atoms with Crippen LogP contribution in [0.2, 0.25) is 0 Å². The highest BCUT2D eigenvalue weighted by atomic mass is 16.7. The number of ether oxygens (including phenoxy) is 2. The molecule has 3 aromatic rings. The molecule has 8 N–H and O–H groups in total. The van der Waals surface area contributed by atoms with Crippen molar-refractivity contribution in [3.63, 3.8) is 0 Å². The van der Waals surface area contributed by atoms with E-state index in [2.05, 4.69) is 0 Å². The summed E-state index contributed by atoms with van der Waals surface area (Å²) in [5.74, 6) is -3.48. The van der Waals surface area contributed by atoms with Crippen molar-refractivity contribution in [2.75, 3.05) is 6.61 Å². The van der Waals surface area contributed by atoms with Crippen molar-refractivity contribution in [3.05, 3.63) is 28.4 Å². The van der Waals surface area contributed by atoms with E-state index in [-0.39, 0.29) is 16.6 Å². The number of benzene rings is 2. The van der Waals surface area contributed by atoms with Crippen LogP contribution in [0.1, 0.15) is 0 Å². The minimum absolute atomic E-state index is 0.130. The van der Waals surface area contributed by atoms with Crippen LogP contribution in [-0.4, -0.2) is 78.2 Å². The number of hydrogen-bond acceptors (Lipinski definition) is 12. The Morgan fingerprint density at radius 2 is 1.52 bits per heavy atom. The molecule has 0 radical (unpaired) electrons. The van der Waals surface area contributed by atoms with Gasteiger partial charge in [-0.2, -0.15) is 0 Å². The van der Waals surface area contributed by atoms with Gasteiger partial charge >= 0.3 is 0 Å². The third-order valence-corrected chi connectivity index (χ3v) is 5.05. The van der Waals surface area contributed by atoms with Crippen LogP contribution >= 0.6 is 0 Å². The van der Waals surface area contributed by atoms with E-state index in [1.807, 2.05) is 0 Å². The maximum Gasteiger partial charge on any atom is 0.229 e. The number of phenols is 4. The van der Waals surface area contributed by atoms with Gasteiger partial charge in [0, 0.05) is 12.1 Å². The number of fused-ring (bicyclic) bond motifs is 2. The normalized spacial score (nSPS) is 26.4. The molecule has 0 amide bonds. The van der Waals surface area contributed by atoms with Gasteiger partial charge in [-0.3, -0.25) is 4.79 Å². The van der Waals surface area contributed by atoms with Crippen LogP contribution in [-0.2, 0) is 4.74 Å². The van der Waals surface area contributed by atoms with Crippen molar-refractivity contribution < 1.29 is 54.7 Å². The smallest absolute Gasteiger partial charge is 0.229 e. The van der Waals surface area contributed by atoms with Crippen LogP contribution in [0.25, 0.3) is 21.9 Å². The SMILES string of the molecule is O=c1c2cc(O)c(O)cc2oc2cc(O)c(OC3OC(CO)C(O)C(O)C3O)c(O)c12. The van der Waals surface area contributed by atoms with Crippen LogP contribution in [0.3, 0.4) is 0 Å². The molecule has 1 aliphatic heterocycles. The first kappa shape index (κ1) is 21.0. The molecule has 2 heterocycles. The molecule has 12 heteroatoms. The summed E-state index contributed by atoms with van der Waals surface area (Å²) in [4.78, 5) is 12.8. The Hall–Kier alpha value is -3.29. The van der Waals surface area contributed by atoms with E-state index in [4.69, 9.17) is 13.9 Å². The molecule has 1 aromatic heterocycles. The second kappa shape index (κ2) is 7.44. The average molecular weight is 438 g/mol. The maximum atomic E-state index is 12.8. The fraction of sp³-hybridized carbons (Fsp3) is 0.316. The van der Waals surface area contributed by atoms with Gasteiger partial charge in [-0.15, -0.1) is 0 Å². The van der Waals surface area contributed by atoms with Gasteiger partial charge in [-0.05, 0) is 6.07 Å². The standard InChI is InChI=1S/C19H18O12/c20-4-11-14(25)16(27)17(28)19(30-11)31-18-8(23)3-10-12(15(18)26)13(24)5-1-6(21)7(22)2-9(5)29-10/h1-3,11,14,16-17,19-23,25-28H,4H2. The van der Waals surface area contributed by atoms with Gasteiger partial charge < -0.3 is 54.7 Å². The summed E-state index contributed by atoms with van der Waals surface area (Å²) in [7, 11) is 0. The lowest BCUT2D eigenvalue weighted by atomic mass is 9.99. The third-order valence-electron chi connectivity index (χ3n) is 5.05. The van der Waals surface area contributed by atoms with Gasteiger partial charge in [-0.25, -0.2) is 0 Å². The van der Waals surface area contributed by atoms with Crippen LogP contribution in [0, 0.1) is 0 Å². The molecule has 1 saturated heterocycles. The number of hydrogen-bond donors (Lipinski definition) is 8. The van der Waals surface area contributed by atoms with Gasteiger partial charge in [0.1, 0.15) is 41.0 Å². The minimum atomic E-state index is -1.83. The average Bonchev–Trinajstić information content (AvgIpc) is 2.72. The Morgan fingerprint density at radius 1 is 0.871 bits per heavy atom. The monoisotopic (exact) mass is 438 g/mol. The first-order valence-corrected chi connectivity index (χ1v) is 8.98. The molecule has 166 valence electrons. The fourth-order valence-corrected chi connectivity index (χ4v) is 3.38. The molecule has 5 atom stereocenters. The zero-order valence-corrected chi connectivity index (χ0v) is 15.5. The van der Waals surface area contributed by atoms with Crippen molar-refractivity contribution in [1.82, 2.24) is 0 Å². The van der Waals surface area contributed by atoms with Gasteiger partial charge in [0.15, 0.2) is 23.0 Å². The molecule has 0 saturated carbocycles. The quantitative estimate of drug-likeness (QED) is 0.182. The van der Waals surface area contributed by atoms with E-state index in [1.54, 1.807) is 0 Å². The highest BCUT2D eigenvalue weighted by molar-refractivity contribution is 5.96. The van der Waals surface area contributed by atoms with E-state index in [9.17, 15) is 45.6 Å². The van der Waals surface area contributed by atoms with E-state index in [0.29, 0.717) is 0 Å². The lowest BCUT2D eigenvalue weighted by Crippen LogP contribution is -2.60. The van der Waals surface area contributed by atoms with Crippen molar-refractivity contribution in [1.29, 1.82) is 0 Å². The molecule has 0 bridgehead atoms. The van der Waals surface area contributed by atoms with Gasteiger partial charge in [-0.1, -0.05) is 0 Å². The lowest BCUT2D eigenvalue weighted by Gasteiger charge is -2.39. The predicted octanol–water partition coefficient (Wildman–Crippen LogP) is -1.05. The predicted molar refractivity (Wildman–Crippen MR) is 101 cm³/mol. The number of rotatable bonds is 3. The summed E-state index contributed by atoms with van der Waals surface area (Å²) < 4.78 is 15.9. The molecule has 12 nitrogen and oxygen atoms in total. The Kier molecular flexibility index (Phi) is 5.03. The molecular weight excluding hydrogens is 420 g/mol. The van der Waals surface area contributed by atoms with Crippen LogP contribution in [0.15, 0.2) is 27.4 Å². The van der Waals surface area contributed by atoms with Crippen LogP contribution < -0.4 is 10.2 Å². The molecule has 31 heavy (non-hydrogen) atoms. The zero-order valence-electron chi connectivity index (χ0n) is 15.5. The Bertz CT molecular complexity index is 1220. The third kappa shape index (κ3) is 3.26. The highest BCUT2D eigenvalue weighted by Gasteiger charge is 2.45. The Labute approximate surface area is 172 Å². The summed E-state index contributed by atoms with van der Waals surface area (Å²) in [6, 6.07) is 2.84. The van der Waals surface area contributed by atoms with E-state index >= 15 is 0 Å². The zero-order chi connectivity index (χ0) is 22.6.